The Morgan fingerprint density at radius 1 is 1.10 bits per heavy atom. The van der Waals surface area contributed by atoms with E-state index >= 15 is 0 Å². The summed E-state index contributed by atoms with van der Waals surface area (Å²) in [6.07, 6.45) is 0.744. The molecule has 1 aromatic heterocycles. The van der Waals surface area contributed by atoms with Crippen LogP contribution in [-0.4, -0.2) is 35.4 Å². The largest absolute Gasteiger partial charge is 0.461 e. The molecule has 0 saturated heterocycles. The number of non-ortho nitro benzene ring substituents is 1. The fourth-order valence-electron chi connectivity index (χ4n) is 3.79. The molecule has 0 aliphatic carbocycles. The summed E-state index contributed by atoms with van der Waals surface area (Å²) in [6, 6.07) is 11.6. The Labute approximate surface area is 166 Å². The van der Waals surface area contributed by atoms with Crippen molar-refractivity contribution in [2.75, 3.05) is 13.7 Å². The highest BCUT2D eigenvalue weighted by molar-refractivity contribution is 6.21. The molecule has 1 aliphatic rings. The maximum atomic E-state index is 12.7. The Hall–Kier alpha value is -3.52. The number of furan rings is 1. The Bertz CT molecular complexity index is 1150. The minimum Gasteiger partial charge on any atom is -0.461 e. The van der Waals surface area contributed by atoms with E-state index in [4.69, 9.17) is 4.42 Å². The molecule has 0 spiro atoms. The number of benzene rings is 2. The van der Waals surface area contributed by atoms with E-state index in [0.717, 1.165) is 38.5 Å². The van der Waals surface area contributed by atoms with Crippen LogP contribution in [0.2, 0.25) is 0 Å². The molecule has 3 aromatic rings. The van der Waals surface area contributed by atoms with Crippen molar-refractivity contribution in [2.45, 2.75) is 19.9 Å². The summed E-state index contributed by atoms with van der Waals surface area (Å²) in [5.41, 5.74) is 1.97. The molecule has 1 aliphatic heterocycles. The number of nitro benzene ring substituents is 1. The van der Waals surface area contributed by atoms with Crippen LogP contribution in [0.4, 0.5) is 5.69 Å². The number of hydrogen-bond acceptors (Lipinski definition) is 5. The van der Waals surface area contributed by atoms with E-state index in [0.29, 0.717) is 6.54 Å². The molecule has 1 atom stereocenters. The minimum atomic E-state index is -0.575. The molecule has 0 fully saturated rings. The summed E-state index contributed by atoms with van der Waals surface area (Å²) < 4.78 is 5.92. The van der Waals surface area contributed by atoms with Crippen LogP contribution in [0.25, 0.3) is 11.0 Å². The van der Waals surface area contributed by atoms with Crippen molar-refractivity contribution in [1.82, 2.24) is 4.90 Å². The zero-order valence-corrected chi connectivity index (χ0v) is 16.1. The highest BCUT2D eigenvalue weighted by atomic mass is 16.6. The van der Waals surface area contributed by atoms with Gasteiger partial charge in [0.2, 0.25) is 0 Å². The molecule has 2 amide bonds. The summed E-state index contributed by atoms with van der Waals surface area (Å²) in [5, 5.41) is 12.0. The van der Waals surface area contributed by atoms with Crippen LogP contribution in [-0.2, 0) is 13.0 Å². The predicted octanol–water partition coefficient (Wildman–Crippen LogP) is 2.17. The van der Waals surface area contributed by atoms with Crippen molar-refractivity contribution < 1.29 is 23.8 Å². The molecule has 0 bridgehead atoms. The number of rotatable bonds is 6. The van der Waals surface area contributed by atoms with E-state index in [2.05, 4.69) is 0 Å². The number of quaternary nitrogens is 1. The van der Waals surface area contributed by atoms with Crippen LogP contribution in [0.5, 0.6) is 0 Å². The van der Waals surface area contributed by atoms with Gasteiger partial charge >= 0.3 is 0 Å². The van der Waals surface area contributed by atoms with Gasteiger partial charge in [-0.15, -0.1) is 0 Å². The molecule has 1 unspecified atom stereocenters. The van der Waals surface area contributed by atoms with Crippen LogP contribution >= 0.6 is 0 Å². The van der Waals surface area contributed by atoms with Crippen molar-refractivity contribution in [3.05, 3.63) is 75.0 Å². The maximum Gasteiger partial charge on any atom is 0.270 e. The monoisotopic (exact) mass is 394 g/mol. The number of nitrogens with one attached hydrogen (secondary N) is 1. The molecule has 29 heavy (non-hydrogen) atoms. The van der Waals surface area contributed by atoms with Crippen molar-refractivity contribution in [3.63, 3.8) is 0 Å². The lowest BCUT2D eigenvalue weighted by Crippen LogP contribution is -3.09. The molecule has 2 aromatic carbocycles. The van der Waals surface area contributed by atoms with E-state index in [1.54, 1.807) is 0 Å². The van der Waals surface area contributed by atoms with Crippen LogP contribution in [0, 0.1) is 10.1 Å². The summed E-state index contributed by atoms with van der Waals surface area (Å²) in [4.78, 5) is 37.8. The number of nitrogens with zero attached hydrogens (tertiary/aromatic N) is 2. The lowest BCUT2D eigenvalue weighted by atomic mass is 10.1. The van der Waals surface area contributed by atoms with Gasteiger partial charge in [-0.05, 0) is 12.1 Å². The van der Waals surface area contributed by atoms with Gasteiger partial charge in [-0.1, -0.05) is 25.1 Å². The number of para-hydroxylation sites is 1. The van der Waals surface area contributed by atoms with Crippen LogP contribution in [0.3, 0.4) is 0 Å². The third kappa shape index (κ3) is 3.17. The molecule has 0 radical (unpaired) electrons. The number of nitro groups is 1. The number of aryl methyl sites for hydroxylation is 1. The number of hydrogen-bond donors (Lipinski definition) is 1. The Balaban J connectivity index is 1.56. The SMILES string of the molecule is CCc1oc2ccccc2c1C[NH+](C)CN1C(=O)c2ccc([N+](=O)[O-])cc2C1=O. The summed E-state index contributed by atoms with van der Waals surface area (Å²) in [5.74, 6) is -0.0311. The second-order valence-electron chi connectivity index (χ2n) is 7.17. The van der Waals surface area contributed by atoms with Crippen LogP contribution < -0.4 is 4.90 Å². The van der Waals surface area contributed by atoms with Crippen LogP contribution in [0.1, 0.15) is 39.0 Å². The third-order valence-corrected chi connectivity index (χ3v) is 5.17. The fourth-order valence-corrected chi connectivity index (χ4v) is 3.79. The molecule has 0 saturated carbocycles. The highest BCUT2D eigenvalue weighted by Gasteiger charge is 2.38. The molecule has 8 heteroatoms. The van der Waals surface area contributed by atoms with Gasteiger partial charge in [0.1, 0.15) is 17.9 Å². The van der Waals surface area contributed by atoms with Crippen LogP contribution in [0.15, 0.2) is 46.9 Å². The van der Waals surface area contributed by atoms with Gasteiger partial charge in [-0.2, -0.15) is 0 Å². The van der Waals surface area contributed by atoms with Crippen molar-refractivity contribution >= 4 is 28.5 Å². The zero-order chi connectivity index (χ0) is 20.7. The number of fused-ring (bicyclic) bond motifs is 2. The lowest BCUT2D eigenvalue weighted by Gasteiger charge is -2.20. The maximum absolute atomic E-state index is 12.7. The number of imide groups is 1. The predicted molar refractivity (Wildman–Crippen MR) is 105 cm³/mol. The number of amides is 2. The third-order valence-electron chi connectivity index (χ3n) is 5.17. The first-order valence-electron chi connectivity index (χ1n) is 9.36. The summed E-state index contributed by atoms with van der Waals surface area (Å²) >= 11 is 0. The van der Waals surface area contributed by atoms with E-state index in [1.807, 2.05) is 38.2 Å². The van der Waals surface area contributed by atoms with E-state index in [-0.39, 0.29) is 23.5 Å². The Morgan fingerprint density at radius 3 is 2.55 bits per heavy atom. The van der Waals surface area contributed by atoms with Gasteiger partial charge in [0.05, 0.1) is 28.7 Å². The first kappa shape index (κ1) is 18.8. The molecule has 2 heterocycles. The van der Waals surface area contributed by atoms with E-state index in [1.165, 1.54) is 18.2 Å². The van der Waals surface area contributed by atoms with E-state index < -0.39 is 16.7 Å². The van der Waals surface area contributed by atoms with Crippen molar-refractivity contribution in [3.8, 4) is 0 Å². The summed E-state index contributed by atoms with van der Waals surface area (Å²) in [7, 11) is 1.90. The van der Waals surface area contributed by atoms with Gasteiger partial charge in [0, 0.05) is 23.9 Å². The molecule has 4 rings (SSSR count). The first-order chi connectivity index (χ1) is 13.9. The zero-order valence-electron chi connectivity index (χ0n) is 16.1. The minimum absolute atomic E-state index is 0.0833. The fraction of sp³-hybridized carbons (Fsp3) is 0.238. The van der Waals surface area contributed by atoms with Gasteiger partial charge in [0.15, 0.2) is 6.67 Å². The molecular weight excluding hydrogens is 374 g/mol. The average molecular weight is 394 g/mol. The molecule has 148 valence electrons. The van der Waals surface area contributed by atoms with E-state index in [9.17, 15) is 19.7 Å². The highest BCUT2D eigenvalue weighted by Crippen LogP contribution is 2.27. The second kappa shape index (κ2) is 7.14. The topological polar surface area (TPSA) is 98.1 Å². The molecular formula is C21H20N3O5+. The average Bonchev–Trinajstić information content (AvgIpc) is 3.18. The quantitative estimate of drug-likeness (QED) is 0.393. The molecule has 1 N–H and O–H groups in total. The normalized spacial score (nSPS) is 14.5. The smallest absolute Gasteiger partial charge is 0.270 e. The lowest BCUT2D eigenvalue weighted by molar-refractivity contribution is -0.901. The summed E-state index contributed by atoms with van der Waals surface area (Å²) in [6.45, 7) is 2.75. The Kier molecular flexibility index (Phi) is 4.63. The van der Waals surface area contributed by atoms with Crippen molar-refractivity contribution in [2.24, 2.45) is 0 Å². The molecule has 8 nitrogen and oxygen atoms in total. The van der Waals surface area contributed by atoms with Gasteiger partial charge < -0.3 is 9.32 Å². The standard InChI is InChI=1S/C21H19N3O5/c1-3-18-17(14-6-4-5-7-19(14)29-18)11-22(2)12-23-20(25)15-9-8-13(24(27)28)10-16(15)21(23)26/h4-10H,3,11-12H2,1-2H3/p+1. The van der Waals surface area contributed by atoms with Crippen molar-refractivity contribution in [1.29, 1.82) is 0 Å². The number of carbonyl (C=O) groups is 2. The number of carbonyl (C=O) groups excluding carboxylic acids is 2. The van der Waals surface area contributed by atoms with Gasteiger partial charge in [-0.25, -0.2) is 4.90 Å². The second-order valence-corrected chi connectivity index (χ2v) is 7.17. The van der Waals surface area contributed by atoms with Gasteiger partial charge in [0.25, 0.3) is 17.5 Å². The van der Waals surface area contributed by atoms with Gasteiger partial charge in [-0.3, -0.25) is 19.7 Å². The Morgan fingerprint density at radius 2 is 1.83 bits per heavy atom. The first-order valence-corrected chi connectivity index (χ1v) is 9.36.